The van der Waals surface area contributed by atoms with E-state index < -0.39 is 22.0 Å². The Kier molecular flexibility index (Phi) is 5.42. The number of nitrogens with one attached hydrogen (secondary N) is 1. The van der Waals surface area contributed by atoms with Gasteiger partial charge in [0.15, 0.2) is 0 Å². The van der Waals surface area contributed by atoms with Crippen LogP contribution in [-0.2, 0) is 19.6 Å². The van der Waals surface area contributed by atoms with Gasteiger partial charge in [-0.2, -0.15) is 0 Å². The van der Waals surface area contributed by atoms with Gasteiger partial charge in [0.05, 0.1) is 23.3 Å². The maximum atomic E-state index is 13.4. The van der Waals surface area contributed by atoms with Crippen molar-refractivity contribution in [2.75, 3.05) is 27.3 Å². The number of para-hydroxylation sites is 2. The number of carbonyl (C=O) groups excluding carboxylic acids is 2. The fourth-order valence-corrected chi connectivity index (χ4v) is 4.55. The lowest BCUT2D eigenvalue weighted by molar-refractivity contribution is -0.122. The molecule has 148 valence electrons. The Balaban J connectivity index is 2.04. The van der Waals surface area contributed by atoms with Crippen molar-refractivity contribution in [1.82, 2.24) is 0 Å². The normalized spacial score (nSPS) is 14.8. The van der Waals surface area contributed by atoms with Crippen LogP contribution in [0.4, 0.5) is 17.1 Å². The molecule has 3 rings (SSSR count). The van der Waals surface area contributed by atoms with Crippen molar-refractivity contribution < 1.29 is 18.0 Å². The Labute approximate surface area is 165 Å². The molecule has 0 radical (unpaired) electrons. The highest BCUT2D eigenvalue weighted by Crippen LogP contribution is 2.31. The monoisotopic (exact) mass is 401 g/mol. The average molecular weight is 401 g/mol. The van der Waals surface area contributed by atoms with Crippen LogP contribution in [0, 0.1) is 6.92 Å². The van der Waals surface area contributed by atoms with E-state index in [1.54, 1.807) is 55.5 Å². The second-order valence-corrected chi connectivity index (χ2v) is 8.67. The largest absolute Gasteiger partial charge is 0.323 e. The molecule has 0 spiro atoms. The van der Waals surface area contributed by atoms with E-state index in [-0.39, 0.29) is 18.9 Å². The summed E-state index contributed by atoms with van der Waals surface area (Å²) in [6.07, 6.45) is 1.35. The Hall–Kier alpha value is -2.87. The summed E-state index contributed by atoms with van der Waals surface area (Å²) in [4.78, 5) is 26.9. The number of carbonyl (C=O) groups is 2. The van der Waals surface area contributed by atoms with E-state index in [0.29, 0.717) is 17.1 Å². The Bertz CT molecular complexity index is 1000. The van der Waals surface area contributed by atoms with Gasteiger partial charge >= 0.3 is 0 Å². The Morgan fingerprint density at radius 2 is 1.82 bits per heavy atom. The summed E-state index contributed by atoms with van der Waals surface area (Å²) in [5, 5.41) is 2.73. The molecule has 2 amide bonds. The van der Waals surface area contributed by atoms with Crippen LogP contribution in [0.2, 0.25) is 0 Å². The third-order valence-electron chi connectivity index (χ3n) is 4.64. The summed E-state index contributed by atoms with van der Waals surface area (Å²) in [7, 11) is -3.73. The predicted octanol–water partition coefficient (Wildman–Crippen LogP) is 2.52. The summed E-state index contributed by atoms with van der Waals surface area (Å²) >= 11 is 0. The van der Waals surface area contributed by atoms with Gasteiger partial charge in [0.2, 0.25) is 15.9 Å². The first kappa shape index (κ1) is 19.9. The highest BCUT2D eigenvalue weighted by molar-refractivity contribution is 7.92. The van der Waals surface area contributed by atoms with Gasteiger partial charge in [-0.15, -0.1) is 0 Å². The molecule has 8 heteroatoms. The van der Waals surface area contributed by atoms with Gasteiger partial charge in [0, 0.05) is 0 Å². The van der Waals surface area contributed by atoms with Gasteiger partial charge in [0.25, 0.3) is 5.91 Å². The van der Waals surface area contributed by atoms with Crippen LogP contribution in [0.5, 0.6) is 0 Å². The molecule has 1 atom stereocenters. The number of sulfonamides is 1. The van der Waals surface area contributed by atoms with Crippen LogP contribution in [0.3, 0.4) is 0 Å². The zero-order chi connectivity index (χ0) is 20.5. The Morgan fingerprint density at radius 3 is 2.43 bits per heavy atom. The van der Waals surface area contributed by atoms with Crippen LogP contribution in [0.15, 0.2) is 48.5 Å². The highest BCUT2D eigenvalue weighted by atomic mass is 32.2. The molecule has 0 saturated heterocycles. The van der Waals surface area contributed by atoms with Gasteiger partial charge in [0.1, 0.15) is 12.6 Å². The maximum absolute atomic E-state index is 13.4. The highest BCUT2D eigenvalue weighted by Gasteiger charge is 2.37. The van der Waals surface area contributed by atoms with E-state index in [1.807, 2.05) is 6.92 Å². The third-order valence-corrected chi connectivity index (χ3v) is 5.82. The third kappa shape index (κ3) is 3.87. The number of fused-ring (bicyclic) bond motifs is 1. The van der Waals surface area contributed by atoms with Gasteiger partial charge in [-0.1, -0.05) is 36.8 Å². The average Bonchev–Trinajstić information content (AvgIpc) is 2.65. The lowest BCUT2D eigenvalue weighted by Crippen LogP contribution is -2.53. The standard InChI is InChI=1S/C20H23N3O4S/c1-4-17(23(28(3,26)27)15-11-9-14(2)10-12-15)20(25)22-13-19(24)21-16-7-5-6-8-18(16)22/h5-12,17H,4,13H2,1-3H3,(H,21,24). The van der Waals surface area contributed by atoms with Crippen molar-refractivity contribution in [3.8, 4) is 0 Å². The van der Waals surface area contributed by atoms with Gasteiger partial charge in [-0.05, 0) is 37.6 Å². The lowest BCUT2D eigenvalue weighted by atomic mass is 10.1. The predicted molar refractivity (Wildman–Crippen MR) is 110 cm³/mol. The van der Waals surface area contributed by atoms with Crippen molar-refractivity contribution in [2.45, 2.75) is 26.3 Å². The number of anilines is 3. The van der Waals surface area contributed by atoms with E-state index in [4.69, 9.17) is 0 Å². The van der Waals surface area contributed by atoms with Gasteiger partial charge in [-0.3, -0.25) is 18.8 Å². The molecule has 2 aromatic rings. The maximum Gasteiger partial charge on any atom is 0.251 e. The van der Waals surface area contributed by atoms with Crippen LogP contribution in [0.25, 0.3) is 0 Å². The number of rotatable bonds is 5. The molecule has 28 heavy (non-hydrogen) atoms. The minimum Gasteiger partial charge on any atom is -0.323 e. The summed E-state index contributed by atoms with van der Waals surface area (Å²) in [5.41, 5.74) is 2.49. The molecule has 0 saturated carbocycles. The fraction of sp³-hybridized carbons (Fsp3) is 0.300. The first-order valence-corrected chi connectivity index (χ1v) is 10.8. The number of hydrogen-bond donors (Lipinski definition) is 1. The molecule has 0 aromatic heterocycles. The first-order valence-electron chi connectivity index (χ1n) is 8.98. The molecule has 0 bridgehead atoms. The van der Waals surface area contributed by atoms with Crippen LogP contribution >= 0.6 is 0 Å². The summed E-state index contributed by atoms with van der Waals surface area (Å²) in [5.74, 6) is -0.751. The SMILES string of the molecule is CCC(C(=O)N1CC(=O)Nc2ccccc21)N(c1ccc(C)cc1)S(C)(=O)=O. The molecule has 1 N–H and O–H groups in total. The topological polar surface area (TPSA) is 86.8 Å². The van der Waals surface area contributed by atoms with Crippen molar-refractivity contribution >= 4 is 38.9 Å². The van der Waals surface area contributed by atoms with Crippen molar-refractivity contribution in [1.29, 1.82) is 0 Å². The second-order valence-electron chi connectivity index (χ2n) is 6.81. The molecule has 2 aromatic carbocycles. The van der Waals surface area contributed by atoms with Gasteiger partial charge < -0.3 is 5.32 Å². The molecule has 1 aliphatic rings. The minimum absolute atomic E-state index is 0.155. The molecule has 0 aliphatic carbocycles. The molecule has 7 nitrogen and oxygen atoms in total. The zero-order valence-corrected chi connectivity index (χ0v) is 16.9. The number of benzene rings is 2. The Morgan fingerprint density at radius 1 is 1.18 bits per heavy atom. The molecule has 1 heterocycles. The summed E-state index contributed by atoms with van der Waals surface area (Å²) in [6, 6.07) is 13.0. The minimum atomic E-state index is -3.73. The van der Waals surface area contributed by atoms with Crippen LogP contribution in [0.1, 0.15) is 18.9 Å². The fourth-order valence-electron chi connectivity index (χ4n) is 3.34. The molecular formula is C20H23N3O4S. The van der Waals surface area contributed by atoms with Crippen LogP contribution < -0.4 is 14.5 Å². The van der Waals surface area contributed by atoms with Crippen molar-refractivity contribution in [3.63, 3.8) is 0 Å². The van der Waals surface area contributed by atoms with Crippen LogP contribution in [-0.4, -0.2) is 39.1 Å². The van der Waals surface area contributed by atoms with Crippen molar-refractivity contribution in [3.05, 3.63) is 54.1 Å². The second kappa shape index (κ2) is 7.63. The summed E-state index contributed by atoms with van der Waals surface area (Å²) in [6.45, 7) is 3.50. The number of aryl methyl sites for hydroxylation is 1. The quantitative estimate of drug-likeness (QED) is 0.834. The summed E-state index contributed by atoms with van der Waals surface area (Å²) < 4.78 is 26.3. The molecule has 0 fully saturated rings. The van der Waals surface area contributed by atoms with E-state index >= 15 is 0 Å². The van der Waals surface area contributed by atoms with E-state index in [9.17, 15) is 18.0 Å². The number of hydrogen-bond acceptors (Lipinski definition) is 4. The number of amides is 2. The molecule has 1 aliphatic heterocycles. The lowest BCUT2D eigenvalue weighted by Gasteiger charge is -2.36. The molecule has 1 unspecified atom stereocenters. The smallest absolute Gasteiger partial charge is 0.251 e. The molecular weight excluding hydrogens is 378 g/mol. The number of nitrogens with zero attached hydrogens (tertiary/aromatic N) is 2. The first-order chi connectivity index (χ1) is 13.2. The van der Waals surface area contributed by atoms with Crippen molar-refractivity contribution in [2.24, 2.45) is 0 Å². The van der Waals surface area contributed by atoms with E-state index in [1.165, 1.54) is 4.90 Å². The zero-order valence-electron chi connectivity index (χ0n) is 16.0. The van der Waals surface area contributed by atoms with E-state index in [0.717, 1.165) is 16.1 Å². The van der Waals surface area contributed by atoms with Gasteiger partial charge in [-0.25, -0.2) is 8.42 Å². The van der Waals surface area contributed by atoms with E-state index in [2.05, 4.69) is 5.32 Å².